The minimum atomic E-state index is -3.63. The van der Waals surface area contributed by atoms with E-state index < -0.39 is 22.0 Å². The van der Waals surface area contributed by atoms with E-state index in [2.05, 4.69) is 5.32 Å². The van der Waals surface area contributed by atoms with Gasteiger partial charge in [-0.15, -0.1) is 0 Å². The van der Waals surface area contributed by atoms with E-state index in [1.54, 1.807) is 6.07 Å². The summed E-state index contributed by atoms with van der Waals surface area (Å²) in [5.41, 5.74) is 0.290. The molecule has 1 atom stereocenters. The van der Waals surface area contributed by atoms with Crippen molar-refractivity contribution >= 4 is 33.2 Å². The van der Waals surface area contributed by atoms with E-state index >= 15 is 0 Å². The summed E-state index contributed by atoms with van der Waals surface area (Å²) in [6.45, 7) is 0.158. The van der Waals surface area contributed by atoms with Gasteiger partial charge in [0.15, 0.2) is 6.10 Å². The van der Waals surface area contributed by atoms with E-state index in [4.69, 9.17) is 21.1 Å². The molecule has 0 aromatic heterocycles. The molecule has 1 heterocycles. The van der Waals surface area contributed by atoms with Gasteiger partial charge in [-0.1, -0.05) is 11.6 Å². The van der Waals surface area contributed by atoms with E-state index in [9.17, 15) is 17.6 Å². The van der Waals surface area contributed by atoms with Crippen LogP contribution in [0.2, 0.25) is 5.02 Å². The van der Waals surface area contributed by atoms with Crippen LogP contribution in [0, 0.1) is 5.82 Å². The van der Waals surface area contributed by atoms with Gasteiger partial charge < -0.3 is 14.8 Å². The standard InChI is InChI=1S/C18H18ClFN2O5S/c1-28(24,25)22-11-17(27-16-7-2-12(19)10-15(16)22)18(23)21-8-9-26-14-5-3-13(20)4-6-14/h2-7,10,17H,8-9,11H2,1H3,(H,21,23). The molecule has 2 aromatic rings. The van der Waals surface area contributed by atoms with E-state index in [1.807, 2.05) is 0 Å². The van der Waals surface area contributed by atoms with E-state index in [-0.39, 0.29) is 31.3 Å². The second kappa shape index (κ2) is 8.24. The molecule has 28 heavy (non-hydrogen) atoms. The highest BCUT2D eigenvalue weighted by Crippen LogP contribution is 2.37. The van der Waals surface area contributed by atoms with Crippen LogP contribution >= 0.6 is 11.6 Å². The molecule has 2 aromatic carbocycles. The highest BCUT2D eigenvalue weighted by atomic mass is 35.5. The molecule has 1 aliphatic heterocycles. The van der Waals surface area contributed by atoms with Crippen molar-refractivity contribution in [3.63, 3.8) is 0 Å². The molecule has 3 rings (SSSR count). The Morgan fingerprint density at radius 1 is 1.32 bits per heavy atom. The fraction of sp³-hybridized carbons (Fsp3) is 0.278. The molecular formula is C18H18ClFN2O5S. The van der Waals surface area contributed by atoms with E-state index in [0.29, 0.717) is 16.5 Å². The molecule has 1 amide bonds. The first-order valence-electron chi connectivity index (χ1n) is 8.34. The minimum absolute atomic E-state index is 0.159. The largest absolute Gasteiger partial charge is 0.492 e. The van der Waals surface area contributed by atoms with Gasteiger partial charge in [-0.2, -0.15) is 0 Å². The second-order valence-electron chi connectivity index (χ2n) is 6.11. The molecule has 1 aliphatic rings. The highest BCUT2D eigenvalue weighted by molar-refractivity contribution is 7.92. The number of amides is 1. The monoisotopic (exact) mass is 428 g/mol. The molecule has 10 heteroatoms. The molecule has 0 spiro atoms. The summed E-state index contributed by atoms with van der Waals surface area (Å²) in [7, 11) is -3.63. The van der Waals surface area contributed by atoms with Crippen LogP contribution in [0.4, 0.5) is 10.1 Å². The van der Waals surface area contributed by atoms with Crippen LogP contribution < -0.4 is 19.1 Å². The van der Waals surface area contributed by atoms with Gasteiger partial charge in [0.1, 0.15) is 23.9 Å². The summed E-state index contributed by atoms with van der Waals surface area (Å²) in [4.78, 5) is 12.4. The zero-order chi connectivity index (χ0) is 20.3. The summed E-state index contributed by atoms with van der Waals surface area (Å²) in [5.74, 6) is -0.119. The lowest BCUT2D eigenvalue weighted by Crippen LogP contribution is -2.51. The number of anilines is 1. The van der Waals surface area contributed by atoms with Crippen molar-refractivity contribution < 1.29 is 27.1 Å². The molecule has 7 nitrogen and oxygen atoms in total. The Kier molecular flexibility index (Phi) is 5.95. The number of benzene rings is 2. The van der Waals surface area contributed by atoms with E-state index in [1.165, 1.54) is 36.4 Å². The van der Waals surface area contributed by atoms with Crippen LogP contribution in [0.3, 0.4) is 0 Å². The van der Waals surface area contributed by atoms with Gasteiger partial charge in [0.05, 0.1) is 25.0 Å². The second-order valence-corrected chi connectivity index (χ2v) is 8.45. The van der Waals surface area contributed by atoms with Gasteiger partial charge in [-0.3, -0.25) is 9.10 Å². The normalized spacial score (nSPS) is 16.1. The summed E-state index contributed by atoms with van der Waals surface area (Å²) in [5, 5.41) is 3.00. The molecule has 0 bridgehead atoms. The number of carbonyl (C=O) groups excluding carboxylic acids is 1. The molecule has 150 valence electrons. The van der Waals surface area contributed by atoms with Crippen molar-refractivity contribution in [3.05, 3.63) is 53.3 Å². The maximum atomic E-state index is 12.8. The summed E-state index contributed by atoms with van der Waals surface area (Å²) in [6.07, 6.45) is 0.0309. The maximum Gasteiger partial charge on any atom is 0.263 e. The van der Waals surface area contributed by atoms with Crippen molar-refractivity contribution in [1.29, 1.82) is 0 Å². The average Bonchev–Trinajstić information content (AvgIpc) is 2.64. The van der Waals surface area contributed by atoms with Gasteiger partial charge in [0.2, 0.25) is 10.0 Å². The zero-order valence-electron chi connectivity index (χ0n) is 14.9. The zero-order valence-corrected chi connectivity index (χ0v) is 16.5. The number of nitrogens with one attached hydrogen (secondary N) is 1. The number of hydrogen-bond acceptors (Lipinski definition) is 5. The van der Waals surface area contributed by atoms with Crippen LogP contribution in [-0.4, -0.2) is 46.4 Å². The summed E-state index contributed by atoms with van der Waals surface area (Å²) in [6, 6.07) is 10.1. The predicted octanol–water partition coefficient (Wildman–Crippen LogP) is 2.20. The summed E-state index contributed by atoms with van der Waals surface area (Å²) >= 11 is 5.94. The van der Waals surface area contributed by atoms with Crippen LogP contribution in [0.1, 0.15) is 0 Å². The third-order valence-corrected chi connectivity index (χ3v) is 5.35. The highest BCUT2D eigenvalue weighted by Gasteiger charge is 2.35. The first kappa shape index (κ1) is 20.2. The number of halogens is 2. The number of ether oxygens (including phenoxy) is 2. The Morgan fingerprint density at radius 3 is 2.71 bits per heavy atom. The molecule has 0 fully saturated rings. The van der Waals surface area contributed by atoms with Gasteiger partial charge in [0.25, 0.3) is 5.91 Å². The van der Waals surface area contributed by atoms with Gasteiger partial charge in [-0.25, -0.2) is 12.8 Å². The number of nitrogens with zero attached hydrogens (tertiary/aromatic N) is 1. The minimum Gasteiger partial charge on any atom is -0.492 e. The molecule has 1 unspecified atom stereocenters. The van der Waals surface area contributed by atoms with Crippen LogP contribution in [0.25, 0.3) is 0 Å². The number of carbonyl (C=O) groups is 1. The topological polar surface area (TPSA) is 84.9 Å². The molecule has 1 N–H and O–H groups in total. The Balaban J connectivity index is 1.61. The maximum absolute atomic E-state index is 12.8. The molecule has 0 saturated carbocycles. The Hall–Kier alpha value is -2.52. The molecule has 0 aliphatic carbocycles. The Morgan fingerprint density at radius 2 is 2.04 bits per heavy atom. The third-order valence-electron chi connectivity index (χ3n) is 3.97. The number of rotatable bonds is 6. The third kappa shape index (κ3) is 4.85. The van der Waals surface area contributed by atoms with Gasteiger partial charge >= 0.3 is 0 Å². The fourth-order valence-corrected chi connectivity index (χ4v) is 3.74. The van der Waals surface area contributed by atoms with Crippen LogP contribution in [-0.2, 0) is 14.8 Å². The van der Waals surface area contributed by atoms with Crippen molar-refractivity contribution in [2.75, 3.05) is 30.3 Å². The summed E-state index contributed by atoms with van der Waals surface area (Å²) < 4.78 is 49.2. The Bertz CT molecular complexity index is 968. The first-order chi connectivity index (χ1) is 13.2. The van der Waals surface area contributed by atoms with Crippen molar-refractivity contribution in [2.24, 2.45) is 0 Å². The molecule has 0 radical (unpaired) electrons. The fourth-order valence-electron chi connectivity index (χ4n) is 2.66. The lowest BCUT2D eigenvalue weighted by Gasteiger charge is -2.34. The van der Waals surface area contributed by atoms with Gasteiger partial charge in [0, 0.05) is 5.02 Å². The molecular weight excluding hydrogens is 411 g/mol. The van der Waals surface area contributed by atoms with Gasteiger partial charge in [-0.05, 0) is 42.5 Å². The predicted molar refractivity (Wildman–Crippen MR) is 103 cm³/mol. The van der Waals surface area contributed by atoms with Crippen LogP contribution in [0.5, 0.6) is 11.5 Å². The SMILES string of the molecule is CS(=O)(=O)N1CC(C(=O)NCCOc2ccc(F)cc2)Oc2ccc(Cl)cc21. The average molecular weight is 429 g/mol. The van der Waals surface area contributed by atoms with Crippen LogP contribution in [0.15, 0.2) is 42.5 Å². The van der Waals surface area contributed by atoms with Crippen molar-refractivity contribution in [1.82, 2.24) is 5.32 Å². The first-order valence-corrected chi connectivity index (χ1v) is 10.6. The lowest BCUT2D eigenvalue weighted by molar-refractivity contribution is -0.127. The number of sulfonamides is 1. The number of fused-ring (bicyclic) bond motifs is 1. The van der Waals surface area contributed by atoms with Crippen molar-refractivity contribution in [3.8, 4) is 11.5 Å². The molecule has 0 saturated heterocycles. The smallest absolute Gasteiger partial charge is 0.263 e. The number of hydrogen-bond donors (Lipinski definition) is 1. The lowest BCUT2D eigenvalue weighted by atomic mass is 10.2. The van der Waals surface area contributed by atoms with E-state index in [0.717, 1.165) is 10.6 Å². The Labute approximate surface area is 167 Å². The van der Waals surface area contributed by atoms with Crippen molar-refractivity contribution in [2.45, 2.75) is 6.10 Å². The quantitative estimate of drug-likeness (QED) is 0.713.